The number of thiophene rings is 1. The van der Waals surface area contributed by atoms with E-state index in [1.54, 1.807) is 0 Å². The third-order valence-corrected chi connectivity index (χ3v) is 8.49. The van der Waals surface area contributed by atoms with Crippen LogP contribution in [0, 0.1) is 29.3 Å². The van der Waals surface area contributed by atoms with Crippen LogP contribution in [0.15, 0.2) is 12.1 Å². The van der Waals surface area contributed by atoms with Gasteiger partial charge in [-0.2, -0.15) is 0 Å². The lowest BCUT2D eigenvalue weighted by molar-refractivity contribution is -0.145. The first-order chi connectivity index (χ1) is 21.2. The van der Waals surface area contributed by atoms with Crippen LogP contribution in [0.25, 0.3) is 10.1 Å². The highest BCUT2D eigenvalue weighted by atomic mass is 32.1. The zero-order valence-electron chi connectivity index (χ0n) is 24.4. The Morgan fingerprint density at radius 3 is 2.20 bits per heavy atom. The number of fused-ring (bicyclic) bond motifs is 2. The van der Waals surface area contributed by atoms with Gasteiger partial charge in [-0.25, -0.2) is 13.2 Å². The topological polar surface area (TPSA) is 160 Å². The van der Waals surface area contributed by atoms with Crippen LogP contribution in [0.2, 0.25) is 0 Å². The number of carboxylic acid groups (broad SMARTS) is 2. The summed E-state index contributed by atoms with van der Waals surface area (Å²) >= 11 is 0.590. The van der Waals surface area contributed by atoms with Crippen LogP contribution < -0.4 is 14.2 Å². The monoisotopic (exact) mass is 653 g/mol. The highest BCUT2D eigenvalue weighted by Crippen LogP contribution is 2.43. The molecule has 1 aromatic heterocycles. The predicted octanol–water partition coefficient (Wildman–Crippen LogP) is 5.13. The van der Waals surface area contributed by atoms with E-state index in [1.807, 2.05) is 0 Å². The van der Waals surface area contributed by atoms with Gasteiger partial charge in [0.2, 0.25) is 11.7 Å². The fraction of sp³-hybridized carbons (Fsp3) is 0.400. The average Bonchev–Trinajstić information content (AvgIpc) is 3.63. The molecule has 0 unspecified atom stereocenters. The minimum atomic E-state index is -1.20. The Balaban J connectivity index is 1.40. The van der Waals surface area contributed by atoms with Crippen LogP contribution in [-0.2, 0) is 27.5 Å². The molecule has 1 amide bonds. The van der Waals surface area contributed by atoms with Crippen molar-refractivity contribution in [1.29, 1.82) is 0 Å². The van der Waals surface area contributed by atoms with Crippen LogP contribution in [0.1, 0.15) is 53.9 Å². The van der Waals surface area contributed by atoms with E-state index in [0.29, 0.717) is 16.9 Å². The number of hydrogen-bond donors (Lipinski definition) is 3. The van der Waals surface area contributed by atoms with E-state index in [9.17, 15) is 28.7 Å². The van der Waals surface area contributed by atoms with E-state index < -0.39 is 64.4 Å². The number of ketones is 1. The molecule has 1 aliphatic heterocycles. The predicted molar refractivity (Wildman–Crippen MR) is 153 cm³/mol. The molecule has 11 nitrogen and oxygen atoms in total. The Labute approximate surface area is 258 Å². The van der Waals surface area contributed by atoms with Crippen molar-refractivity contribution in [2.45, 2.75) is 46.2 Å². The second-order valence-electron chi connectivity index (χ2n) is 10.6. The first-order valence-electron chi connectivity index (χ1n) is 13.8. The largest absolute Gasteiger partial charge is 0.502 e. The van der Waals surface area contributed by atoms with Crippen LogP contribution in [0.5, 0.6) is 23.0 Å². The molecule has 4 rings (SSSR count). The lowest BCUT2D eigenvalue weighted by Gasteiger charge is -2.16. The Morgan fingerprint density at radius 1 is 0.911 bits per heavy atom. The van der Waals surface area contributed by atoms with Crippen molar-refractivity contribution >= 4 is 45.1 Å². The third kappa shape index (κ3) is 6.92. The number of amides is 1. The van der Waals surface area contributed by atoms with Crippen LogP contribution in [-0.4, -0.2) is 64.2 Å². The van der Waals surface area contributed by atoms with Crippen molar-refractivity contribution in [2.24, 2.45) is 11.8 Å². The van der Waals surface area contributed by atoms with Crippen molar-refractivity contribution in [3.8, 4) is 23.0 Å². The number of rotatable bonds is 14. The van der Waals surface area contributed by atoms with E-state index in [2.05, 4.69) is 0 Å². The maximum Gasteiger partial charge on any atom is 0.306 e. The molecule has 242 valence electrons. The summed E-state index contributed by atoms with van der Waals surface area (Å²) in [6, 6.07) is 2.59. The number of benzene rings is 2. The molecular weight excluding hydrogens is 623 g/mol. The molecule has 3 aromatic rings. The molecule has 2 aromatic carbocycles. The number of aromatic hydroxyl groups is 1. The van der Waals surface area contributed by atoms with E-state index in [1.165, 1.54) is 31.9 Å². The van der Waals surface area contributed by atoms with Crippen molar-refractivity contribution in [3.05, 3.63) is 45.6 Å². The number of ether oxygens (including phenoxy) is 3. The number of carboxylic acids is 2. The van der Waals surface area contributed by atoms with Gasteiger partial charge in [-0.05, 0) is 17.7 Å². The second-order valence-corrected chi connectivity index (χ2v) is 11.7. The molecule has 0 saturated heterocycles. The highest BCUT2D eigenvalue weighted by Gasteiger charge is 2.31. The van der Waals surface area contributed by atoms with Gasteiger partial charge in [0.05, 0.1) is 41.7 Å². The van der Waals surface area contributed by atoms with E-state index in [0.717, 1.165) is 6.07 Å². The Morgan fingerprint density at radius 2 is 1.56 bits per heavy atom. The highest BCUT2D eigenvalue weighted by molar-refractivity contribution is 7.20. The summed E-state index contributed by atoms with van der Waals surface area (Å²) in [7, 11) is 1.24. The van der Waals surface area contributed by atoms with Gasteiger partial charge in [0.15, 0.2) is 40.5 Å². The molecule has 0 aliphatic carbocycles. The molecule has 0 bridgehead atoms. The number of carbonyl (C=O) groups excluding carboxylic acids is 2. The summed E-state index contributed by atoms with van der Waals surface area (Å²) in [5, 5.41) is 28.0. The summed E-state index contributed by atoms with van der Waals surface area (Å²) < 4.78 is 61.2. The summed E-state index contributed by atoms with van der Waals surface area (Å²) in [6.45, 7) is 2.36. The second kappa shape index (κ2) is 13.6. The van der Waals surface area contributed by atoms with Gasteiger partial charge >= 0.3 is 11.9 Å². The first-order valence-corrected chi connectivity index (χ1v) is 14.6. The van der Waals surface area contributed by atoms with Crippen molar-refractivity contribution in [1.82, 2.24) is 4.90 Å². The molecule has 0 fully saturated rings. The minimum Gasteiger partial charge on any atom is -0.502 e. The Hall–Kier alpha value is -4.53. The zero-order chi connectivity index (χ0) is 33.2. The molecule has 0 radical (unpaired) electrons. The maximum absolute atomic E-state index is 15.2. The molecule has 2 atom stereocenters. The van der Waals surface area contributed by atoms with Crippen molar-refractivity contribution in [2.75, 3.05) is 20.3 Å². The molecule has 15 heteroatoms. The van der Waals surface area contributed by atoms with E-state index in [4.69, 9.17) is 24.4 Å². The van der Waals surface area contributed by atoms with Gasteiger partial charge < -0.3 is 34.4 Å². The van der Waals surface area contributed by atoms with Gasteiger partial charge in [-0.15, -0.1) is 11.3 Å². The number of methoxy groups -OCH3 is 1. The van der Waals surface area contributed by atoms with Crippen LogP contribution in [0.4, 0.5) is 13.2 Å². The fourth-order valence-corrected chi connectivity index (χ4v) is 5.75. The van der Waals surface area contributed by atoms with E-state index in [-0.39, 0.29) is 77.6 Å². The standard InChI is InChI=1S/C30H30F3NO10S/c1-13(29(38)39)7-18(35)20-10-16-22(31)27(25(37)24(33)28(16)45-20)44-6-4-5-43-19-9-15-11-34(21(36)8-14(2)30(40)41)12-17(15)23(32)26(19)42-3/h9-10,13-14,37H,4-8,11-12H2,1-3H3,(H,38,39)(H,40,41)/t13-,14-/m0/s1. The van der Waals surface area contributed by atoms with Gasteiger partial charge in [-0.3, -0.25) is 19.2 Å². The van der Waals surface area contributed by atoms with E-state index >= 15 is 8.78 Å². The van der Waals surface area contributed by atoms with Crippen LogP contribution in [0.3, 0.4) is 0 Å². The van der Waals surface area contributed by atoms with Crippen LogP contribution >= 0.6 is 11.3 Å². The van der Waals surface area contributed by atoms with Gasteiger partial charge in [-0.1, -0.05) is 13.8 Å². The molecule has 0 spiro atoms. The molecule has 3 N–H and O–H groups in total. The zero-order valence-corrected chi connectivity index (χ0v) is 25.3. The normalized spacial score (nSPS) is 13.8. The maximum atomic E-state index is 15.2. The Kier molecular flexibility index (Phi) is 10.1. The number of halogens is 3. The number of nitrogens with zero attached hydrogens (tertiary/aromatic N) is 1. The lowest BCUT2D eigenvalue weighted by atomic mass is 10.0. The van der Waals surface area contributed by atoms with Crippen molar-refractivity contribution < 1.29 is 61.9 Å². The van der Waals surface area contributed by atoms with Gasteiger partial charge in [0.25, 0.3) is 0 Å². The summed E-state index contributed by atoms with van der Waals surface area (Å²) in [6.07, 6.45) is -0.545. The van der Waals surface area contributed by atoms with Gasteiger partial charge in [0.1, 0.15) is 0 Å². The molecule has 45 heavy (non-hydrogen) atoms. The first kappa shape index (κ1) is 33.4. The smallest absolute Gasteiger partial charge is 0.306 e. The quantitative estimate of drug-likeness (QED) is 0.157. The molecule has 2 heterocycles. The average molecular weight is 654 g/mol. The number of hydrogen-bond acceptors (Lipinski definition) is 9. The Bertz CT molecular complexity index is 1670. The lowest BCUT2D eigenvalue weighted by Crippen LogP contribution is -2.28. The fourth-order valence-electron chi connectivity index (χ4n) is 4.71. The molecular formula is C30H30F3NO10S. The number of carbonyl (C=O) groups is 4. The van der Waals surface area contributed by atoms with Crippen molar-refractivity contribution in [3.63, 3.8) is 0 Å². The number of phenolic OH excluding ortho intramolecular Hbond substituents is 1. The minimum absolute atomic E-state index is 0.0242. The third-order valence-electron chi connectivity index (χ3n) is 7.32. The summed E-state index contributed by atoms with van der Waals surface area (Å²) in [5.74, 6) is -10.4. The number of Topliss-reactive ketones (excluding diaryl/α,β-unsaturated/α-hetero) is 1. The number of phenols is 1. The summed E-state index contributed by atoms with van der Waals surface area (Å²) in [4.78, 5) is 48.4. The SMILES string of the molecule is COc1c(OCCCOc2c(O)c(F)c3sc(C(=O)C[C@H](C)C(=O)O)cc3c2F)cc2c(c1F)CN(C(=O)C[C@H](C)C(=O)O)C2. The molecule has 1 aliphatic rings. The summed E-state index contributed by atoms with van der Waals surface area (Å²) in [5.41, 5.74) is 0.676. The number of aliphatic carboxylic acids is 2. The molecule has 0 saturated carbocycles. The van der Waals surface area contributed by atoms with Gasteiger partial charge in [0, 0.05) is 43.3 Å².